The normalized spacial score (nSPS) is 9.67. The van der Waals surface area contributed by atoms with E-state index in [2.05, 4.69) is 15.9 Å². The van der Waals surface area contributed by atoms with Crippen LogP contribution in [0.15, 0.2) is 22.7 Å². The van der Waals surface area contributed by atoms with Gasteiger partial charge in [-0.1, -0.05) is 12.1 Å². The minimum Gasteiger partial charge on any atom is -0.492 e. The van der Waals surface area contributed by atoms with E-state index in [1.54, 1.807) is 18.2 Å². The van der Waals surface area contributed by atoms with E-state index < -0.39 is 5.97 Å². The first-order valence-corrected chi connectivity index (χ1v) is 5.02. The molecule has 0 bridgehead atoms. The third kappa shape index (κ3) is 3.36. The molecule has 0 aliphatic carbocycles. The largest absolute Gasteiger partial charge is 0.492 e. The van der Waals surface area contributed by atoms with Crippen LogP contribution < -0.4 is 4.74 Å². The summed E-state index contributed by atoms with van der Waals surface area (Å²) in [6.45, 7) is 0.0796. The van der Waals surface area contributed by atoms with Crippen LogP contribution in [-0.2, 0) is 4.79 Å². The van der Waals surface area contributed by atoms with Gasteiger partial charge in [0.05, 0.1) is 17.5 Å². The van der Waals surface area contributed by atoms with Gasteiger partial charge >= 0.3 is 5.97 Å². The van der Waals surface area contributed by atoms with E-state index in [1.165, 1.54) is 0 Å². The summed E-state index contributed by atoms with van der Waals surface area (Å²) >= 11 is 3.20. The molecule has 1 N–H and O–H groups in total. The first kappa shape index (κ1) is 11.7. The third-order valence-corrected chi connectivity index (χ3v) is 2.54. The lowest BCUT2D eigenvalue weighted by molar-refractivity contribution is -0.137. The molecule has 0 unspecified atom stereocenters. The predicted molar refractivity (Wildman–Crippen MR) is 57.3 cm³/mol. The number of rotatable bonds is 5. The molecule has 0 saturated carbocycles. The van der Waals surface area contributed by atoms with Gasteiger partial charge in [0.25, 0.3) is 0 Å². The van der Waals surface area contributed by atoms with Gasteiger partial charge in [-0.05, 0) is 22.0 Å². The fraction of sp³-hybridized carbons (Fsp3) is 0.200. The Morgan fingerprint density at radius 2 is 2.27 bits per heavy atom. The highest BCUT2D eigenvalue weighted by molar-refractivity contribution is 9.10. The van der Waals surface area contributed by atoms with E-state index >= 15 is 0 Å². The molecule has 0 radical (unpaired) electrons. The van der Waals surface area contributed by atoms with Crippen molar-refractivity contribution in [2.24, 2.45) is 0 Å². The number of carbonyl (C=O) groups excluding carboxylic acids is 1. The number of ether oxygens (including phenoxy) is 1. The standard InChI is InChI=1S/C10H9BrO4/c11-10-7(6-12)2-1-3-8(10)15-5-4-9(13)14/h1-3,6H,4-5H2,(H,13,14). The van der Waals surface area contributed by atoms with Crippen molar-refractivity contribution in [2.45, 2.75) is 6.42 Å². The van der Waals surface area contributed by atoms with Gasteiger partial charge in [-0.15, -0.1) is 0 Å². The highest BCUT2D eigenvalue weighted by Gasteiger charge is 2.06. The Balaban J connectivity index is 2.68. The van der Waals surface area contributed by atoms with Gasteiger partial charge in [0.2, 0.25) is 0 Å². The molecule has 4 nitrogen and oxygen atoms in total. The average molecular weight is 273 g/mol. The molecule has 1 aromatic carbocycles. The van der Waals surface area contributed by atoms with Gasteiger partial charge in [-0.3, -0.25) is 9.59 Å². The fourth-order valence-electron chi connectivity index (χ4n) is 0.979. The van der Waals surface area contributed by atoms with Crippen LogP contribution in [0.4, 0.5) is 0 Å². The molecular formula is C10H9BrO4. The van der Waals surface area contributed by atoms with Crippen LogP contribution >= 0.6 is 15.9 Å². The molecular weight excluding hydrogens is 264 g/mol. The first-order chi connectivity index (χ1) is 7.15. The topological polar surface area (TPSA) is 63.6 Å². The second kappa shape index (κ2) is 5.50. The van der Waals surface area contributed by atoms with Gasteiger partial charge in [0.1, 0.15) is 5.75 Å². The lowest BCUT2D eigenvalue weighted by Crippen LogP contribution is -2.05. The number of carboxylic acid groups (broad SMARTS) is 1. The van der Waals surface area contributed by atoms with Crippen molar-refractivity contribution in [1.29, 1.82) is 0 Å². The highest BCUT2D eigenvalue weighted by Crippen LogP contribution is 2.27. The van der Waals surface area contributed by atoms with E-state index in [9.17, 15) is 9.59 Å². The van der Waals surface area contributed by atoms with Crippen LogP contribution in [-0.4, -0.2) is 24.0 Å². The summed E-state index contributed by atoms with van der Waals surface area (Å²) < 4.78 is 5.75. The molecule has 0 saturated heterocycles. The minimum absolute atomic E-state index is 0.0717. The van der Waals surface area contributed by atoms with Crippen LogP contribution in [0.25, 0.3) is 0 Å². The highest BCUT2D eigenvalue weighted by atomic mass is 79.9. The molecule has 0 aliphatic rings. The monoisotopic (exact) mass is 272 g/mol. The average Bonchev–Trinajstić information content (AvgIpc) is 2.20. The lowest BCUT2D eigenvalue weighted by atomic mass is 10.2. The van der Waals surface area contributed by atoms with Crippen molar-refractivity contribution >= 4 is 28.2 Å². The molecule has 0 amide bonds. The van der Waals surface area contributed by atoms with Gasteiger partial charge in [0.15, 0.2) is 6.29 Å². The number of benzene rings is 1. The summed E-state index contributed by atoms with van der Waals surface area (Å²) in [6.07, 6.45) is 0.631. The van der Waals surface area contributed by atoms with Gasteiger partial charge in [-0.2, -0.15) is 0 Å². The minimum atomic E-state index is -0.919. The molecule has 80 valence electrons. The molecule has 0 fully saturated rings. The Bertz CT molecular complexity index is 376. The summed E-state index contributed by atoms with van der Waals surface area (Å²) in [7, 11) is 0. The molecule has 0 aromatic heterocycles. The number of aliphatic carboxylic acids is 1. The van der Waals surface area contributed by atoms with Crippen molar-refractivity contribution in [3.05, 3.63) is 28.2 Å². The number of hydrogen-bond donors (Lipinski definition) is 1. The molecule has 0 spiro atoms. The number of halogens is 1. The van der Waals surface area contributed by atoms with Gasteiger partial charge in [-0.25, -0.2) is 0 Å². The van der Waals surface area contributed by atoms with E-state index in [0.717, 1.165) is 0 Å². The molecule has 0 atom stereocenters. The Kier molecular flexibility index (Phi) is 4.30. The lowest BCUT2D eigenvalue weighted by Gasteiger charge is -2.07. The smallest absolute Gasteiger partial charge is 0.306 e. The van der Waals surface area contributed by atoms with Crippen molar-refractivity contribution < 1.29 is 19.4 Å². The maximum atomic E-state index is 10.6. The summed E-state index contributed by atoms with van der Waals surface area (Å²) in [6, 6.07) is 4.98. The number of hydrogen-bond acceptors (Lipinski definition) is 3. The van der Waals surface area contributed by atoms with E-state index in [-0.39, 0.29) is 13.0 Å². The van der Waals surface area contributed by atoms with Crippen molar-refractivity contribution in [2.75, 3.05) is 6.61 Å². The quantitative estimate of drug-likeness (QED) is 0.834. The van der Waals surface area contributed by atoms with Crippen molar-refractivity contribution in [3.63, 3.8) is 0 Å². The molecule has 0 heterocycles. The van der Waals surface area contributed by atoms with Gasteiger partial charge in [0, 0.05) is 5.56 Å². The van der Waals surface area contributed by atoms with Crippen LogP contribution in [0.3, 0.4) is 0 Å². The fourth-order valence-corrected chi connectivity index (χ4v) is 1.45. The van der Waals surface area contributed by atoms with E-state index in [0.29, 0.717) is 22.1 Å². The summed E-state index contributed by atoms with van der Waals surface area (Å²) in [5.41, 5.74) is 0.475. The maximum Gasteiger partial charge on any atom is 0.306 e. The molecule has 15 heavy (non-hydrogen) atoms. The Morgan fingerprint density at radius 1 is 1.53 bits per heavy atom. The summed E-state index contributed by atoms with van der Waals surface area (Å²) in [5.74, 6) is -0.446. The van der Waals surface area contributed by atoms with Crippen molar-refractivity contribution in [1.82, 2.24) is 0 Å². The predicted octanol–water partition coefficient (Wildman–Crippen LogP) is 2.12. The second-order valence-corrected chi connectivity index (χ2v) is 3.56. The van der Waals surface area contributed by atoms with Gasteiger partial charge < -0.3 is 9.84 Å². The summed E-state index contributed by atoms with van der Waals surface area (Å²) in [4.78, 5) is 20.8. The van der Waals surface area contributed by atoms with E-state index in [4.69, 9.17) is 9.84 Å². The third-order valence-electron chi connectivity index (χ3n) is 1.69. The molecule has 1 aromatic rings. The Hall–Kier alpha value is -1.36. The number of aldehydes is 1. The van der Waals surface area contributed by atoms with Crippen LogP contribution in [0, 0.1) is 0 Å². The van der Waals surface area contributed by atoms with Crippen LogP contribution in [0.2, 0.25) is 0 Å². The van der Waals surface area contributed by atoms with Crippen LogP contribution in [0.1, 0.15) is 16.8 Å². The molecule has 1 rings (SSSR count). The number of carboxylic acids is 1. The first-order valence-electron chi connectivity index (χ1n) is 4.23. The van der Waals surface area contributed by atoms with E-state index in [1.807, 2.05) is 0 Å². The summed E-state index contributed by atoms with van der Waals surface area (Å²) in [5, 5.41) is 8.41. The maximum absolute atomic E-state index is 10.6. The molecule has 0 aliphatic heterocycles. The Labute approximate surface area is 95.0 Å². The van der Waals surface area contributed by atoms with Crippen LogP contribution in [0.5, 0.6) is 5.75 Å². The molecule has 5 heteroatoms. The number of carbonyl (C=O) groups is 2. The SMILES string of the molecule is O=Cc1cccc(OCCC(=O)O)c1Br. The zero-order valence-corrected chi connectivity index (χ0v) is 9.36. The zero-order chi connectivity index (χ0) is 11.3. The van der Waals surface area contributed by atoms with Crippen molar-refractivity contribution in [3.8, 4) is 5.75 Å². The second-order valence-electron chi connectivity index (χ2n) is 2.77. The zero-order valence-electron chi connectivity index (χ0n) is 7.77. The Morgan fingerprint density at radius 3 is 2.87 bits per heavy atom.